The Labute approximate surface area is 93.4 Å². The molecule has 0 saturated carbocycles. The molecule has 3 aliphatic rings. The topological polar surface area (TPSA) is 15.3 Å². The Morgan fingerprint density at radius 3 is 2.33 bits per heavy atom. The fourth-order valence-corrected chi connectivity index (χ4v) is 4.34. The van der Waals surface area contributed by atoms with Crippen molar-refractivity contribution in [3.05, 3.63) is 0 Å². The third-order valence-corrected chi connectivity index (χ3v) is 5.37. The Bertz CT molecular complexity index is 275. The molecule has 3 aliphatic heterocycles. The molecule has 1 spiro atoms. The standard InChI is InChI=1S/C13H24N2/c1-11(2,3)13-5-4-8-15(13)12(6-7-13)9-14-10-12/h14H,4-10H2,1-3H3. The van der Waals surface area contributed by atoms with Crippen molar-refractivity contribution in [1.82, 2.24) is 10.2 Å². The summed E-state index contributed by atoms with van der Waals surface area (Å²) in [5.41, 5.74) is 1.53. The molecular weight excluding hydrogens is 184 g/mol. The van der Waals surface area contributed by atoms with Gasteiger partial charge in [0.15, 0.2) is 0 Å². The van der Waals surface area contributed by atoms with Crippen molar-refractivity contribution in [2.24, 2.45) is 5.41 Å². The first kappa shape index (κ1) is 10.1. The van der Waals surface area contributed by atoms with Gasteiger partial charge < -0.3 is 5.32 Å². The van der Waals surface area contributed by atoms with Gasteiger partial charge in [0, 0.05) is 24.2 Å². The highest BCUT2D eigenvalue weighted by Crippen LogP contribution is 2.56. The van der Waals surface area contributed by atoms with Crippen molar-refractivity contribution in [1.29, 1.82) is 0 Å². The van der Waals surface area contributed by atoms with Gasteiger partial charge in [0.05, 0.1) is 0 Å². The summed E-state index contributed by atoms with van der Waals surface area (Å²) in [5, 5.41) is 3.48. The molecular formula is C13H24N2. The predicted molar refractivity (Wildman–Crippen MR) is 63.0 cm³/mol. The summed E-state index contributed by atoms with van der Waals surface area (Å²) in [5.74, 6) is 0. The van der Waals surface area contributed by atoms with Crippen molar-refractivity contribution in [2.75, 3.05) is 19.6 Å². The zero-order valence-electron chi connectivity index (χ0n) is 10.4. The van der Waals surface area contributed by atoms with Crippen LogP contribution in [-0.4, -0.2) is 35.6 Å². The number of nitrogens with zero attached hydrogens (tertiary/aromatic N) is 1. The first-order valence-electron chi connectivity index (χ1n) is 6.49. The highest BCUT2D eigenvalue weighted by atomic mass is 15.4. The quantitative estimate of drug-likeness (QED) is 0.655. The van der Waals surface area contributed by atoms with Crippen molar-refractivity contribution >= 4 is 0 Å². The van der Waals surface area contributed by atoms with E-state index < -0.39 is 0 Å². The van der Waals surface area contributed by atoms with E-state index in [1.54, 1.807) is 0 Å². The lowest BCUT2D eigenvalue weighted by molar-refractivity contribution is -0.0196. The molecule has 86 valence electrons. The average molecular weight is 208 g/mol. The van der Waals surface area contributed by atoms with E-state index in [-0.39, 0.29) is 0 Å². The second-order valence-corrected chi connectivity index (χ2v) is 6.86. The third kappa shape index (κ3) is 1.07. The maximum Gasteiger partial charge on any atom is 0.0464 e. The lowest BCUT2D eigenvalue weighted by Crippen LogP contribution is -2.69. The Morgan fingerprint density at radius 2 is 1.80 bits per heavy atom. The zero-order chi connectivity index (χ0) is 10.7. The van der Waals surface area contributed by atoms with Crippen LogP contribution >= 0.6 is 0 Å². The minimum Gasteiger partial charge on any atom is -0.313 e. The Kier molecular flexibility index (Phi) is 1.87. The SMILES string of the molecule is CC(C)(C)C12CCCN1C1(CC2)CNC1. The molecule has 3 rings (SSSR count). The molecule has 0 bridgehead atoms. The second kappa shape index (κ2) is 2.78. The molecule has 1 atom stereocenters. The van der Waals surface area contributed by atoms with Crippen LogP contribution in [0.25, 0.3) is 0 Å². The van der Waals surface area contributed by atoms with Crippen molar-refractivity contribution in [3.63, 3.8) is 0 Å². The summed E-state index contributed by atoms with van der Waals surface area (Å²) in [6.07, 6.45) is 5.70. The van der Waals surface area contributed by atoms with Gasteiger partial charge in [0.1, 0.15) is 0 Å². The van der Waals surface area contributed by atoms with Gasteiger partial charge in [0.25, 0.3) is 0 Å². The van der Waals surface area contributed by atoms with E-state index in [0.717, 1.165) is 0 Å². The van der Waals surface area contributed by atoms with Gasteiger partial charge in [-0.05, 0) is 37.6 Å². The Hall–Kier alpha value is -0.0800. The molecule has 3 saturated heterocycles. The Balaban J connectivity index is 1.96. The van der Waals surface area contributed by atoms with E-state index >= 15 is 0 Å². The van der Waals surface area contributed by atoms with Gasteiger partial charge >= 0.3 is 0 Å². The molecule has 0 amide bonds. The van der Waals surface area contributed by atoms with Crippen molar-refractivity contribution < 1.29 is 0 Å². The molecule has 2 heteroatoms. The van der Waals surface area contributed by atoms with Crippen LogP contribution in [0.15, 0.2) is 0 Å². The third-order valence-electron chi connectivity index (χ3n) is 5.37. The maximum atomic E-state index is 3.48. The molecule has 0 aliphatic carbocycles. The van der Waals surface area contributed by atoms with Gasteiger partial charge in [-0.2, -0.15) is 0 Å². The van der Waals surface area contributed by atoms with Crippen LogP contribution in [0.1, 0.15) is 46.5 Å². The molecule has 2 nitrogen and oxygen atoms in total. The summed E-state index contributed by atoms with van der Waals surface area (Å²) >= 11 is 0. The summed E-state index contributed by atoms with van der Waals surface area (Å²) < 4.78 is 0. The molecule has 3 heterocycles. The molecule has 15 heavy (non-hydrogen) atoms. The highest BCUT2D eigenvalue weighted by Gasteiger charge is 2.62. The molecule has 0 aromatic carbocycles. The first-order valence-corrected chi connectivity index (χ1v) is 6.49. The molecule has 1 N–H and O–H groups in total. The smallest absolute Gasteiger partial charge is 0.0464 e. The first-order chi connectivity index (χ1) is 7.00. The van der Waals surface area contributed by atoms with Crippen molar-refractivity contribution in [3.8, 4) is 0 Å². The van der Waals surface area contributed by atoms with E-state index in [0.29, 0.717) is 16.5 Å². The average Bonchev–Trinajstić information content (AvgIpc) is 2.53. The van der Waals surface area contributed by atoms with Gasteiger partial charge in [0.2, 0.25) is 0 Å². The number of fused-ring (bicyclic) bond motifs is 2. The van der Waals surface area contributed by atoms with E-state index in [2.05, 4.69) is 31.0 Å². The van der Waals surface area contributed by atoms with Gasteiger partial charge in [-0.1, -0.05) is 20.8 Å². The summed E-state index contributed by atoms with van der Waals surface area (Å²) in [4.78, 5) is 2.89. The zero-order valence-corrected chi connectivity index (χ0v) is 10.4. The van der Waals surface area contributed by atoms with Crippen LogP contribution in [-0.2, 0) is 0 Å². The van der Waals surface area contributed by atoms with E-state index in [1.807, 2.05) is 0 Å². The maximum absolute atomic E-state index is 3.48. The van der Waals surface area contributed by atoms with Gasteiger partial charge in [-0.3, -0.25) is 4.90 Å². The summed E-state index contributed by atoms with van der Waals surface area (Å²) in [6, 6.07) is 0. The van der Waals surface area contributed by atoms with Crippen LogP contribution in [0.4, 0.5) is 0 Å². The van der Waals surface area contributed by atoms with Crippen LogP contribution in [0.5, 0.6) is 0 Å². The number of rotatable bonds is 0. The monoisotopic (exact) mass is 208 g/mol. The fourth-order valence-electron chi connectivity index (χ4n) is 4.34. The van der Waals surface area contributed by atoms with Crippen LogP contribution in [0.2, 0.25) is 0 Å². The molecule has 3 fully saturated rings. The lowest BCUT2D eigenvalue weighted by Gasteiger charge is -2.53. The normalized spacial score (nSPS) is 39.4. The fraction of sp³-hybridized carbons (Fsp3) is 1.00. The van der Waals surface area contributed by atoms with Crippen LogP contribution in [0, 0.1) is 5.41 Å². The van der Waals surface area contributed by atoms with E-state index in [1.165, 1.54) is 45.3 Å². The molecule has 1 unspecified atom stereocenters. The van der Waals surface area contributed by atoms with Gasteiger partial charge in [-0.15, -0.1) is 0 Å². The minimum absolute atomic E-state index is 0.447. The molecule has 0 aromatic rings. The van der Waals surface area contributed by atoms with Crippen molar-refractivity contribution in [2.45, 2.75) is 57.5 Å². The van der Waals surface area contributed by atoms with E-state index in [4.69, 9.17) is 0 Å². The molecule has 0 radical (unpaired) electrons. The predicted octanol–water partition coefficient (Wildman–Crippen LogP) is 2.00. The number of hydrogen-bond acceptors (Lipinski definition) is 2. The summed E-state index contributed by atoms with van der Waals surface area (Å²) in [7, 11) is 0. The van der Waals surface area contributed by atoms with Gasteiger partial charge in [-0.25, -0.2) is 0 Å². The molecule has 0 aromatic heterocycles. The van der Waals surface area contributed by atoms with Crippen LogP contribution < -0.4 is 5.32 Å². The second-order valence-electron chi connectivity index (χ2n) is 6.86. The highest BCUT2D eigenvalue weighted by molar-refractivity contribution is 5.19. The Morgan fingerprint density at radius 1 is 1.07 bits per heavy atom. The van der Waals surface area contributed by atoms with E-state index in [9.17, 15) is 0 Å². The lowest BCUT2D eigenvalue weighted by atomic mass is 9.71. The number of hydrogen-bond donors (Lipinski definition) is 1. The van der Waals surface area contributed by atoms with Crippen LogP contribution in [0.3, 0.4) is 0 Å². The largest absolute Gasteiger partial charge is 0.313 e. The summed E-state index contributed by atoms with van der Waals surface area (Å²) in [6.45, 7) is 11.2. The minimum atomic E-state index is 0.447. The number of nitrogens with one attached hydrogen (secondary N) is 1.